The molecule has 0 radical (unpaired) electrons. The van der Waals surface area contributed by atoms with Crippen molar-refractivity contribution in [3.8, 4) is 0 Å². The van der Waals surface area contributed by atoms with Crippen molar-refractivity contribution in [1.82, 2.24) is 15.1 Å². The molecule has 4 heteroatoms. The van der Waals surface area contributed by atoms with Gasteiger partial charge in [-0.05, 0) is 20.0 Å². The van der Waals surface area contributed by atoms with E-state index in [1.165, 1.54) is 0 Å². The van der Waals surface area contributed by atoms with Crippen molar-refractivity contribution in [3.63, 3.8) is 0 Å². The first kappa shape index (κ1) is 8.56. The largest absolute Gasteiger partial charge is 0.312 e. The highest BCUT2D eigenvalue weighted by molar-refractivity contribution is 6.29. The maximum Gasteiger partial charge on any atom is 0.127 e. The van der Waals surface area contributed by atoms with Crippen LogP contribution in [0.3, 0.4) is 0 Å². The first-order chi connectivity index (χ1) is 5.15. The molecule has 3 nitrogen and oxygen atoms in total. The molecule has 1 heterocycles. The lowest BCUT2D eigenvalue weighted by molar-refractivity contribution is 0.611. The van der Waals surface area contributed by atoms with E-state index >= 15 is 0 Å². The molecule has 0 bridgehead atoms. The normalized spacial score (nSPS) is 13.5. The van der Waals surface area contributed by atoms with E-state index in [0.717, 1.165) is 5.69 Å². The zero-order valence-electron chi connectivity index (χ0n) is 6.93. The van der Waals surface area contributed by atoms with Gasteiger partial charge in [0.05, 0.1) is 5.69 Å². The highest BCUT2D eigenvalue weighted by Crippen LogP contribution is 2.14. The number of hydrogen-bond acceptors (Lipinski definition) is 2. The minimum atomic E-state index is 0.258. The van der Waals surface area contributed by atoms with Crippen LogP contribution < -0.4 is 5.32 Å². The molecule has 1 rings (SSSR count). The van der Waals surface area contributed by atoms with Crippen molar-refractivity contribution in [2.75, 3.05) is 7.05 Å². The molecule has 11 heavy (non-hydrogen) atoms. The fraction of sp³-hybridized carbons (Fsp3) is 0.571. The highest BCUT2D eigenvalue weighted by atomic mass is 35.5. The minimum absolute atomic E-state index is 0.258. The van der Waals surface area contributed by atoms with Crippen LogP contribution >= 0.6 is 11.6 Å². The van der Waals surface area contributed by atoms with E-state index in [1.54, 1.807) is 4.68 Å². The van der Waals surface area contributed by atoms with Gasteiger partial charge in [-0.1, -0.05) is 11.6 Å². The average Bonchev–Trinajstić information content (AvgIpc) is 2.31. The van der Waals surface area contributed by atoms with E-state index in [0.29, 0.717) is 5.15 Å². The molecule has 0 aliphatic rings. The molecule has 0 aliphatic carbocycles. The second-order valence-corrected chi connectivity index (χ2v) is 2.91. The van der Waals surface area contributed by atoms with Crippen molar-refractivity contribution in [3.05, 3.63) is 16.9 Å². The van der Waals surface area contributed by atoms with Gasteiger partial charge in [0.2, 0.25) is 0 Å². The van der Waals surface area contributed by atoms with Gasteiger partial charge < -0.3 is 5.32 Å². The predicted molar refractivity (Wildman–Crippen MR) is 45.7 cm³/mol. The van der Waals surface area contributed by atoms with Crippen LogP contribution in [0.1, 0.15) is 18.7 Å². The molecule has 62 valence electrons. The van der Waals surface area contributed by atoms with Crippen LogP contribution in [-0.4, -0.2) is 16.8 Å². The maximum atomic E-state index is 5.80. The SMILES string of the molecule is CNC(C)c1cc(Cl)n(C)n1. The van der Waals surface area contributed by atoms with Crippen LogP contribution in [-0.2, 0) is 7.05 Å². The number of nitrogens with one attached hydrogen (secondary N) is 1. The minimum Gasteiger partial charge on any atom is -0.312 e. The standard InChI is InChI=1S/C7H12ClN3/c1-5(9-2)6-4-7(8)11(3)10-6/h4-5,9H,1-3H3. The Balaban J connectivity index is 2.88. The summed E-state index contributed by atoms with van der Waals surface area (Å²) in [6, 6.07) is 2.12. The van der Waals surface area contributed by atoms with Gasteiger partial charge in [0.15, 0.2) is 0 Å². The van der Waals surface area contributed by atoms with Crippen LogP contribution in [0.15, 0.2) is 6.07 Å². The summed E-state index contributed by atoms with van der Waals surface area (Å²) in [5.41, 5.74) is 0.972. The lowest BCUT2D eigenvalue weighted by Gasteiger charge is -2.04. The van der Waals surface area contributed by atoms with Crippen molar-refractivity contribution >= 4 is 11.6 Å². The first-order valence-corrected chi connectivity index (χ1v) is 3.89. The Morgan fingerprint density at radius 3 is 2.73 bits per heavy atom. The lowest BCUT2D eigenvalue weighted by Crippen LogP contribution is -2.13. The van der Waals surface area contributed by atoms with Gasteiger partial charge in [-0.3, -0.25) is 4.68 Å². The molecule has 1 unspecified atom stereocenters. The Bertz CT molecular complexity index is 224. The van der Waals surface area contributed by atoms with E-state index in [-0.39, 0.29) is 6.04 Å². The Labute approximate surface area is 71.4 Å². The molecule has 1 N–H and O–H groups in total. The molecule has 1 aromatic rings. The summed E-state index contributed by atoms with van der Waals surface area (Å²) in [6.45, 7) is 2.04. The van der Waals surface area contributed by atoms with E-state index in [9.17, 15) is 0 Å². The lowest BCUT2D eigenvalue weighted by atomic mass is 10.2. The van der Waals surface area contributed by atoms with Crippen LogP contribution in [0, 0.1) is 0 Å². The molecule has 1 aromatic heterocycles. The first-order valence-electron chi connectivity index (χ1n) is 3.52. The van der Waals surface area contributed by atoms with Crippen LogP contribution in [0.25, 0.3) is 0 Å². The molecule has 0 spiro atoms. The molecular weight excluding hydrogens is 162 g/mol. The number of nitrogens with zero attached hydrogens (tertiary/aromatic N) is 2. The summed E-state index contributed by atoms with van der Waals surface area (Å²) < 4.78 is 1.66. The number of rotatable bonds is 2. The monoisotopic (exact) mass is 173 g/mol. The molecule has 0 fully saturated rings. The van der Waals surface area contributed by atoms with Gasteiger partial charge in [-0.2, -0.15) is 5.10 Å². The zero-order chi connectivity index (χ0) is 8.43. The third kappa shape index (κ3) is 1.73. The van der Waals surface area contributed by atoms with E-state index < -0.39 is 0 Å². The fourth-order valence-corrected chi connectivity index (χ4v) is 0.974. The molecule has 0 aliphatic heterocycles. The molecule has 0 aromatic carbocycles. The summed E-state index contributed by atoms with van der Waals surface area (Å²) in [5.74, 6) is 0. The number of aryl methyl sites for hydroxylation is 1. The van der Waals surface area contributed by atoms with Crippen LogP contribution in [0.4, 0.5) is 0 Å². The summed E-state index contributed by atoms with van der Waals surface area (Å²) in [7, 11) is 3.72. The second-order valence-electron chi connectivity index (χ2n) is 2.53. The highest BCUT2D eigenvalue weighted by Gasteiger charge is 2.07. The molecule has 0 saturated heterocycles. The van der Waals surface area contributed by atoms with E-state index in [1.807, 2.05) is 27.1 Å². The van der Waals surface area contributed by atoms with Crippen LogP contribution in [0.2, 0.25) is 5.15 Å². The van der Waals surface area contributed by atoms with Gasteiger partial charge >= 0.3 is 0 Å². The van der Waals surface area contributed by atoms with Crippen molar-refractivity contribution < 1.29 is 0 Å². The van der Waals surface area contributed by atoms with Gasteiger partial charge in [0, 0.05) is 13.1 Å². The summed E-state index contributed by atoms with van der Waals surface area (Å²) >= 11 is 5.80. The van der Waals surface area contributed by atoms with Crippen LogP contribution in [0.5, 0.6) is 0 Å². The Kier molecular flexibility index (Phi) is 2.52. The molecule has 0 saturated carbocycles. The van der Waals surface area contributed by atoms with Gasteiger partial charge in [0.1, 0.15) is 5.15 Å². The van der Waals surface area contributed by atoms with Gasteiger partial charge in [-0.25, -0.2) is 0 Å². The third-order valence-electron chi connectivity index (χ3n) is 1.72. The second kappa shape index (κ2) is 3.24. The fourth-order valence-electron chi connectivity index (χ4n) is 0.825. The van der Waals surface area contributed by atoms with Crippen molar-refractivity contribution in [2.24, 2.45) is 7.05 Å². The van der Waals surface area contributed by atoms with Gasteiger partial charge in [-0.15, -0.1) is 0 Å². The Morgan fingerprint density at radius 1 is 1.73 bits per heavy atom. The quantitative estimate of drug-likeness (QED) is 0.732. The number of aromatic nitrogens is 2. The van der Waals surface area contributed by atoms with E-state index in [2.05, 4.69) is 10.4 Å². The van der Waals surface area contributed by atoms with Crippen molar-refractivity contribution in [2.45, 2.75) is 13.0 Å². The number of hydrogen-bond donors (Lipinski definition) is 1. The average molecular weight is 174 g/mol. The Morgan fingerprint density at radius 2 is 2.36 bits per heavy atom. The van der Waals surface area contributed by atoms with Gasteiger partial charge in [0.25, 0.3) is 0 Å². The summed E-state index contributed by atoms with van der Waals surface area (Å²) in [6.07, 6.45) is 0. The Hall–Kier alpha value is -0.540. The van der Waals surface area contributed by atoms with E-state index in [4.69, 9.17) is 11.6 Å². The molecule has 1 atom stereocenters. The molecule has 0 amide bonds. The summed E-state index contributed by atoms with van der Waals surface area (Å²) in [5, 5.41) is 7.96. The summed E-state index contributed by atoms with van der Waals surface area (Å²) in [4.78, 5) is 0. The maximum absolute atomic E-state index is 5.80. The smallest absolute Gasteiger partial charge is 0.127 e. The predicted octanol–water partition coefficient (Wildman–Crippen LogP) is 1.35. The molecular formula is C7H12ClN3. The third-order valence-corrected chi connectivity index (χ3v) is 2.07. The topological polar surface area (TPSA) is 29.9 Å². The number of halogens is 1. The zero-order valence-corrected chi connectivity index (χ0v) is 7.68. The van der Waals surface area contributed by atoms with Crippen molar-refractivity contribution in [1.29, 1.82) is 0 Å².